The fourth-order valence-electron chi connectivity index (χ4n) is 14.4. The van der Waals surface area contributed by atoms with Gasteiger partial charge in [-0.3, -0.25) is 91.2 Å². The molecular weight excluding hydrogens is 1860 g/mol. The van der Waals surface area contributed by atoms with E-state index in [1.165, 1.54) is 113 Å². The van der Waals surface area contributed by atoms with Crippen LogP contribution in [0.2, 0.25) is 0 Å². The number of carbonyl (C=O) groups is 18. The van der Waals surface area contributed by atoms with E-state index in [4.69, 9.17) is 56.8 Å². The van der Waals surface area contributed by atoms with Crippen molar-refractivity contribution < 1.29 is 153 Å². The Morgan fingerprint density at radius 3 is 0.559 bits per heavy atom. The van der Waals surface area contributed by atoms with E-state index >= 15 is 0 Å². The fraction of sp³-hybridized carbons (Fsp3) is 0.829. The van der Waals surface area contributed by atoms with E-state index in [1.807, 2.05) is 138 Å². The summed E-state index contributed by atoms with van der Waals surface area (Å²) in [6, 6.07) is 0. The lowest BCUT2D eigenvalue weighted by Gasteiger charge is -2.53. The zero-order valence-electron chi connectivity index (χ0n) is 100. The van der Waals surface area contributed by atoms with Crippen LogP contribution < -0.4 is 0 Å². The molecule has 4 amide bonds. The second kappa shape index (κ2) is 65.8. The summed E-state index contributed by atoms with van der Waals surface area (Å²) in [4.78, 5) is 220. The molecule has 38 nitrogen and oxygen atoms in total. The van der Waals surface area contributed by atoms with Crippen LogP contribution >= 0.6 is 0 Å². The highest BCUT2D eigenvalue weighted by Crippen LogP contribution is 2.55. The number of nitrogens with zero attached hydrogens (tertiary/aromatic N) is 6. The minimum atomic E-state index is -1.46. The third-order valence-corrected chi connectivity index (χ3v) is 31.0. The molecule has 0 N–H and O–H groups in total. The number of ether oxygens (including phenoxy) is 14. The predicted molar refractivity (Wildman–Crippen MR) is 552 cm³/mol. The van der Waals surface area contributed by atoms with Gasteiger partial charge in [0, 0.05) is 55.9 Å². The van der Waals surface area contributed by atoms with Gasteiger partial charge in [-0.2, -0.15) is 0 Å². The molecule has 0 heterocycles. The van der Waals surface area contributed by atoms with E-state index in [2.05, 4.69) is 35.4 Å². The van der Waals surface area contributed by atoms with Crippen LogP contribution in [-0.4, -0.2) is 326 Å². The number of hydrogen-bond donors (Lipinski definition) is 0. The fourth-order valence-corrected chi connectivity index (χ4v) is 14.4. The van der Waals surface area contributed by atoms with E-state index in [1.54, 1.807) is 163 Å². The summed E-state index contributed by atoms with van der Waals surface area (Å²) in [6.07, 6.45) is 3.92. The number of amides is 4. The Balaban J connectivity index is -0.000000173. The molecule has 7 unspecified atom stereocenters. The molecule has 0 rings (SSSR count). The molecule has 0 fully saturated rings. The molecule has 0 radical (unpaired) electrons. The van der Waals surface area contributed by atoms with Crippen LogP contribution in [0.5, 0.6) is 0 Å². The minimum absolute atomic E-state index is 0.00460. The van der Waals surface area contributed by atoms with Gasteiger partial charge in [-0.05, 0) is 259 Å². The smallest absolute Gasteiger partial charge is 0.319 e. The van der Waals surface area contributed by atoms with Gasteiger partial charge in [0.2, 0.25) is 23.6 Å². The van der Waals surface area contributed by atoms with E-state index < -0.39 is 106 Å². The Kier molecular flexibility index (Phi) is 70.6. The van der Waals surface area contributed by atoms with Crippen LogP contribution in [0, 0.1) is 65.0 Å². The van der Waals surface area contributed by atoms with E-state index in [-0.39, 0.29) is 107 Å². The van der Waals surface area contributed by atoms with Gasteiger partial charge in [-0.1, -0.05) is 62.3 Å². The third-order valence-electron chi connectivity index (χ3n) is 31.0. The first-order valence-electron chi connectivity index (χ1n) is 48.0. The predicted octanol–water partition coefficient (Wildman–Crippen LogP) is 15.0. The minimum Gasteiger partial charge on any atom is -0.469 e. The lowest BCUT2D eigenvalue weighted by Crippen LogP contribution is -2.66. The summed E-state index contributed by atoms with van der Waals surface area (Å²) >= 11 is 0. The lowest BCUT2D eigenvalue weighted by molar-refractivity contribution is -0.193. The number of likely N-dealkylation sites (N-methyl/N-ethyl adjacent to an activating group) is 5. The molecule has 38 heteroatoms. The second-order valence-electron chi connectivity index (χ2n) is 41.3. The molecule has 0 bridgehead atoms. The number of methoxy groups -OCH3 is 13. The number of hydrogen-bond acceptors (Lipinski definition) is 34. The molecular formula is C105H200N6O32. The molecule has 0 aliphatic heterocycles. The summed E-state index contributed by atoms with van der Waals surface area (Å²) in [6.45, 7) is 73.3. The Labute approximate surface area is 861 Å². The lowest BCUT2D eigenvalue weighted by atomic mass is 9.53. The Hall–Kier alpha value is -9.62. The highest BCUT2D eigenvalue weighted by molar-refractivity contribution is 5.95. The van der Waals surface area contributed by atoms with Gasteiger partial charge in [0.25, 0.3) is 0 Å². The van der Waals surface area contributed by atoms with Gasteiger partial charge < -0.3 is 90.8 Å². The maximum Gasteiger partial charge on any atom is 0.319 e. The molecule has 0 aromatic rings. The normalized spacial score (nSPS) is 14.3. The maximum atomic E-state index is 12.3. The van der Waals surface area contributed by atoms with Crippen LogP contribution in [0.4, 0.5) is 0 Å². The standard InChI is InChI=1S/C14H24O6.C13H26N2O2.C12H24N2O2.2C12H22O4.2C11H20O4.C8H15NO4.C8H16O2.C4H11N/c1-12(2,9(15)18-6)14(5,11(17)20-8)13(3,4)10(16)19-7;1-9-13(6,15(8)11(3)17)12(4,5)14(7)10(2)16;1-9(15)13(7)11(3,4)12(5,6)14(8)10(2)16;2*1-7-11(3,9(13)15-5)12(4,8-2)10(14)16-6;2*1-7-11(4,9(13)15-6)10(2,3)8(12)14-5;1-4-9(5-7(10)12-2)6-8(11)13-3;1-6(2)10-7(9)8(3,4)5;1-4-5(2)3/h1-8H3;9H2,1-8H3;1-8H3;2*7-8H2,1-6H3;2*7H2,1-6H3;4-6H2,1-3H3;6H,1-5H3;4H2,1-3H3. The topological polar surface area (TPSA) is 456 Å². The molecule has 0 aromatic heterocycles. The van der Waals surface area contributed by atoms with Crippen molar-refractivity contribution in [2.75, 3.05) is 161 Å². The quantitative estimate of drug-likeness (QED) is 0.0412. The van der Waals surface area contributed by atoms with E-state index in [0.29, 0.717) is 45.1 Å². The molecule has 842 valence electrons. The second-order valence-corrected chi connectivity index (χ2v) is 41.3. The van der Waals surface area contributed by atoms with Gasteiger partial charge in [0.15, 0.2) is 0 Å². The van der Waals surface area contributed by atoms with Crippen molar-refractivity contribution in [2.24, 2.45) is 65.0 Å². The molecule has 0 aromatic carbocycles. The summed E-state index contributed by atoms with van der Waals surface area (Å²) in [5.41, 5.74) is -13.0. The zero-order chi connectivity index (χ0) is 117. The van der Waals surface area contributed by atoms with Gasteiger partial charge in [-0.25, -0.2) is 0 Å². The average Bonchev–Trinajstić information content (AvgIpc) is 0.723. The molecule has 0 aliphatic rings. The maximum absolute atomic E-state index is 12.3. The molecule has 0 aliphatic carbocycles. The van der Waals surface area contributed by atoms with Crippen molar-refractivity contribution in [1.82, 2.24) is 29.4 Å². The summed E-state index contributed by atoms with van der Waals surface area (Å²) < 4.78 is 66.4. The monoisotopic (exact) mass is 2060 g/mol. The number of esters is 14. The van der Waals surface area contributed by atoms with Gasteiger partial charge in [0.1, 0.15) is 0 Å². The van der Waals surface area contributed by atoms with Crippen molar-refractivity contribution in [1.29, 1.82) is 0 Å². The third kappa shape index (κ3) is 39.9. The van der Waals surface area contributed by atoms with E-state index in [9.17, 15) is 86.3 Å². The Morgan fingerprint density at radius 2 is 0.420 bits per heavy atom. The van der Waals surface area contributed by atoms with Gasteiger partial charge in [-0.15, -0.1) is 0 Å². The first kappa shape index (κ1) is 154. The van der Waals surface area contributed by atoms with Gasteiger partial charge >= 0.3 is 83.6 Å². The average molecular weight is 2060 g/mol. The largest absolute Gasteiger partial charge is 0.469 e. The summed E-state index contributed by atoms with van der Waals surface area (Å²) in [7, 11) is 28.1. The van der Waals surface area contributed by atoms with Crippen LogP contribution in [0.1, 0.15) is 322 Å². The van der Waals surface area contributed by atoms with Crippen molar-refractivity contribution in [3.63, 3.8) is 0 Å². The van der Waals surface area contributed by atoms with Crippen LogP contribution in [0.25, 0.3) is 0 Å². The van der Waals surface area contributed by atoms with Crippen molar-refractivity contribution in [3.8, 4) is 0 Å². The summed E-state index contributed by atoms with van der Waals surface area (Å²) in [5, 5.41) is 0. The van der Waals surface area contributed by atoms with E-state index in [0.717, 1.165) is 13.0 Å². The Morgan fingerprint density at radius 1 is 0.231 bits per heavy atom. The van der Waals surface area contributed by atoms with Gasteiger partial charge in [0.05, 0.1) is 199 Å². The number of carbonyl (C=O) groups excluding carboxylic acids is 18. The molecule has 0 saturated heterocycles. The SMILES string of the molecule is CC(=O)N(C)C(C)(C)C(C)(C)N(C)C(C)=O.CC(C)OC(=O)C(C)(C)C.CCC(C)(C(=O)OC)C(C)(C)C(=O)OC.CCC(C)(C(=O)OC)C(C)(C)C(=O)OC.CCC(C)(C(=O)OC)C(C)(CC)C(=O)OC.CCC(C)(C(=O)OC)C(C)(CC)C(=O)OC.CCC(C)(N(C)C(C)=O)C(C)(C)N(C)C(C)=O.CCN(C)C.CCN(CC(=O)OC)CC(=O)OC.COC(=O)C(C)(C)C(C)(C(=O)OC)C(C)(C)C(=O)OC. The highest BCUT2D eigenvalue weighted by atomic mass is 16.6. The molecule has 7 atom stereocenters. The summed E-state index contributed by atoms with van der Waals surface area (Å²) in [5.74, 6) is -5.80. The zero-order valence-corrected chi connectivity index (χ0v) is 100. The van der Waals surface area contributed by atoms with Crippen molar-refractivity contribution in [3.05, 3.63) is 0 Å². The van der Waals surface area contributed by atoms with Crippen LogP contribution in [-0.2, 0) is 153 Å². The van der Waals surface area contributed by atoms with Crippen molar-refractivity contribution in [2.45, 2.75) is 350 Å². The van der Waals surface area contributed by atoms with Crippen LogP contribution in [0.3, 0.4) is 0 Å². The van der Waals surface area contributed by atoms with Crippen LogP contribution in [0.15, 0.2) is 0 Å². The Bertz CT molecular complexity index is 3770. The number of rotatable bonds is 37. The molecule has 143 heavy (non-hydrogen) atoms. The molecule has 0 saturated carbocycles. The van der Waals surface area contributed by atoms with Crippen molar-refractivity contribution >= 4 is 107 Å². The highest BCUT2D eigenvalue weighted by Gasteiger charge is 2.65. The first-order valence-corrected chi connectivity index (χ1v) is 48.0. The molecule has 0 spiro atoms. The first-order chi connectivity index (χ1) is 64.4.